The summed E-state index contributed by atoms with van der Waals surface area (Å²) in [6.07, 6.45) is 0. The molecule has 2 aliphatic rings. The summed E-state index contributed by atoms with van der Waals surface area (Å²) >= 11 is 0. The summed E-state index contributed by atoms with van der Waals surface area (Å²) in [6, 6.07) is 89.4. The summed E-state index contributed by atoms with van der Waals surface area (Å²) in [5, 5.41) is 4.99. The topological polar surface area (TPSA) is 6.48 Å². The molecule has 0 aromatic heterocycles. The van der Waals surface area contributed by atoms with Crippen LogP contribution in [0, 0.1) is 0 Å². The van der Waals surface area contributed by atoms with Crippen molar-refractivity contribution in [2.24, 2.45) is 0 Å². The lowest BCUT2D eigenvalue weighted by molar-refractivity contribution is 0.648. The Bertz CT molecular complexity index is 3780. The Morgan fingerprint density at radius 1 is 0.257 bits per heavy atom. The molecule has 2 aliphatic carbocycles. The van der Waals surface area contributed by atoms with Crippen LogP contribution in [-0.4, -0.2) is 0 Å². The zero-order valence-electron chi connectivity index (χ0n) is 40.0. The van der Waals surface area contributed by atoms with E-state index in [-0.39, 0.29) is 10.8 Å². The van der Waals surface area contributed by atoms with E-state index in [4.69, 9.17) is 0 Å². The van der Waals surface area contributed by atoms with Gasteiger partial charge in [0.15, 0.2) is 0 Å². The molecule has 2 heteroatoms. The molecule has 334 valence electrons. The largest absolute Gasteiger partial charge is 0.310 e. The SMILES string of the molecule is CC1(C)c2cc3cc(N(c4ccccc4)c4ccc(-c5ccccc5)cc4)ccc3cc2-c2c1ccc1c2C(C)(C)c2cc3cc(N(c4ccccc4)c4ccc(-c5ccccc5)cc4)ccc3cc2-1. The van der Waals surface area contributed by atoms with Crippen LogP contribution in [-0.2, 0) is 10.8 Å². The quantitative estimate of drug-likeness (QED) is 0.150. The summed E-state index contributed by atoms with van der Waals surface area (Å²) in [5.41, 5.74) is 22.3. The first kappa shape index (κ1) is 41.7. The highest BCUT2D eigenvalue weighted by Gasteiger charge is 2.45. The zero-order valence-corrected chi connectivity index (χ0v) is 40.0. The maximum atomic E-state index is 2.49. The summed E-state index contributed by atoms with van der Waals surface area (Å²) in [5.74, 6) is 0. The minimum atomic E-state index is -0.227. The zero-order chi connectivity index (χ0) is 47.1. The van der Waals surface area contributed by atoms with Crippen LogP contribution >= 0.6 is 0 Å². The van der Waals surface area contributed by atoms with Crippen LogP contribution in [0.2, 0.25) is 0 Å². The van der Waals surface area contributed by atoms with Crippen molar-refractivity contribution < 1.29 is 0 Å². The lowest BCUT2D eigenvalue weighted by atomic mass is 9.77. The molecule has 0 saturated carbocycles. The summed E-state index contributed by atoms with van der Waals surface area (Å²) < 4.78 is 0. The minimum Gasteiger partial charge on any atom is -0.310 e. The maximum Gasteiger partial charge on any atom is 0.0468 e. The highest BCUT2D eigenvalue weighted by molar-refractivity contribution is 6.02. The van der Waals surface area contributed by atoms with Crippen molar-refractivity contribution in [3.8, 4) is 44.5 Å². The fourth-order valence-electron chi connectivity index (χ4n) is 11.8. The molecule has 0 spiro atoms. The van der Waals surface area contributed by atoms with E-state index in [2.05, 4.69) is 280 Å². The number of rotatable bonds is 8. The number of hydrogen-bond donors (Lipinski definition) is 0. The first-order chi connectivity index (χ1) is 34.2. The first-order valence-corrected chi connectivity index (χ1v) is 24.6. The van der Waals surface area contributed by atoms with E-state index < -0.39 is 0 Å². The van der Waals surface area contributed by atoms with Crippen molar-refractivity contribution in [3.63, 3.8) is 0 Å². The van der Waals surface area contributed by atoms with Gasteiger partial charge in [-0.1, -0.05) is 173 Å². The van der Waals surface area contributed by atoms with Gasteiger partial charge >= 0.3 is 0 Å². The van der Waals surface area contributed by atoms with Crippen LogP contribution < -0.4 is 9.80 Å². The fraction of sp³-hybridized carbons (Fsp3) is 0.0882. The van der Waals surface area contributed by atoms with E-state index >= 15 is 0 Å². The van der Waals surface area contributed by atoms with Gasteiger partial charge in [0.05, 0.1) is 0 Å². The van der Waals surface area contributed by atoms with Crippen molar-refractivity contribution in [1.29, 1.82) is 0 Å². The average Bonchev–Trinajstić information content (AvgIpc) is 3.77. The predicted octanol–water partition coefficient (Wildman–Crippen LogP) is 18.9. The van der Waals surface area contributed by atoms with Crippen LogP contribution in [0.5, 0.6) is 0 Å². The number of para-hydroxylation sites is 2. The molecule has 0 radical (unpaired) electrons. The number of fused-ring (bicyclic) bond motifs is 9. The molecule has 0 saturated heterocycles. The van der Waals surface area contributed by atoms with Crippen molar-refractivity contribution in [3.05, 3.63) is 265 Å². The van der Waals surface area contributed by atoms with Crippen molar-refractivity contribution in [1.82, 2.24) is 0 Å². The predicted molar refractivity (Wildman–Crippen MR) is 297 cm³/mol. The Balaban J connectivity index is 0.886. The van der Waals surface area contributed by atoms with E-state index in [1.165, 1.54) is 88.3 Å². The Kier molecular flexibility index (Phi) is 9.58. The first-order valence-electron chi connectivity index (χ1n) is 24.6. The van der Waals surface area contributed by atoms with Gasteiger partial charge in [-0.05, 0) is 185 Å². The van der Waals surface area contributed by atoms with Crippen LogP contribution in [0.4, 0.5) is 34.1 Å². The number of hydrogen-bond acceptors (Lipinski definition) is 2. The van der Waals surface area contributed by atoms with Gasteiger partial charge in [-0.25, -0.2) is 0 Å². The van der Waals surface area contributed by atoms with Gasteiger partial charge in [0.2, 0.25) is 0 Å². The van der Waals surface area contributed by atoms with Crippen molar-refractivity contribution in [2.75, 3.05) is 9.80 Å². The molecule has 0 heterocycles. The normalized spacial score (nSPS) is 13.7. The van der Waals surface area contributed by atoms with E-state index in [1.807, 2.05) is 0 Å². The Hall–Kier alpha value is -8.46. The maximum absolute atomic E-state index is 2.49. The molecule has 70 heavy (non-hydrogen) atoms. The second-order valence-corrected chi connectivity index (χ2v) is 20.2. The molecule has 11 aromatic carbocycles. The second-order valence-electron chi connectivity index (χ2n) is 20.2. The highest BCUT2D eigenvalue weighted by atomic mass is 15.1. The third-order valence-electron chi connectivity index (χ3n) is 15.3. The van der Waals surface area contributed by atoms with Crippen LogP contribution in [0.25, 0.3) is 66.1 Å². The second kappa shape index (κ2) is 16.1. The van der Waals surface area contributed by atoms with Crippen LogP contribution in [0.15, 0.2) is 243 Å². The van der Waals surface area contributed by atoms with Gasteiger partial charge in [0.25, 0.3) is 0 Å². The molecule has 2 nitrogen and oxygen atoms in total. The Labute approximate surface area is 411 Å². The third kappa shape index (κ3) is 6.70. The van der Waals surface area contributed by atoms with Gasteiger partial charge in [-0.2, -0.15) is 0 Å². The van der Waals surface area contributed by atoms with Gasteiger partial charge in [0.1, 0.15) is 0 Å². The monoisotopic (exact) mass is 896 g/mol. The van der Waals surface area contributed by atoms with E-state index in [9.17, 15) is 0 Å². The molecule has 0 unspecified atom stereocenters. The summed E-state index contributed by atoms with van der Waals surface area (Å²) in [4.78, 5) is 4.76. The summed E-state index contributed by atoms with van der Waals surface area (Å²) in [7, 11) is 0. The van der Waals surface area contributed by atoms with E-state index in [0.717, 1.165) is 34.1 Å². The van der Waals surface area contributed by atoms with E-state index in [1.54, 1.807) is 0 Å². The molecule has 13 rings (SSSR count). The van der Waals surface area contributed by atoms with E-state index in [0.29, 0.717) is 0 Å². The molecule has 0 bridgehead atoms. The van der Waals surface area contributed by atoms with Crippen LogP contribution in [0.1, 0.15) is 49.9 Å². The van der Waals surface area contributed by atoms with Crippen molar-refractivity contribution >= 4 is 55.7 Å². The smallest absolute Gasteiger partial charge is 0.0468 e. The van der Waals surface area contributed by atoms with Gasteiger partial charge in [0, 0.05) is 45.0 Å². The molecule has 0 aliphatic heterocycles. The molecular formula is C68H52N2. The van der Waals surface area contributed by atoms with Crippen molar-refractivity contribution in [2.45, 2.75) is 38.5 Å². The molecule has 0 N–H and O–H groups in total. The number of anilines is 6. The molecular weight excluding hydrogens is 845 g/mol. The Morgan fingerprint density at radius 2 is 0.643 bits per heavy atom. The summed E-state index contributed by atoms with van der Waals surface area (Å²) in [6.45, 7) is 9.73. The average molecular weight is 897 g/mol. The number of benzene rings is 11. The van der Waals surface area contributed by atoms with Gasteiger partial charge < -0.3 is 9.80 Å². The lowest BCUT2D eigenvalue weighted by Crippen LogP contribution is -2.18. The molecule has 0 fully saturated rings. The third-order valence-corrected chi connectivity index (χ3v) is 15.3. The molecule has 11 aromatic rings. The molecule has 0 amide bonds. The highest BCUT2D eigenvalue weighted by Crippen LogP contribution is 2.60. The minimum absolute atomic E-state index is 0.180. The van der Waals surface area contributed by atoms with Gasteiger partial charge in [-0.3, -0.25) is 0 Å². The number of nitrogens with zero attached hydrogens (tertiary/aromatic N) is 2. The fourth-order valence-corrected chi connectivity index (χ4v) is 11.8. The molecule has 0 atom stereocenters. The lowest BCUT2D eigenvalue weighted by Gasteiger charge is -2.27. The Morgan fingerprint density at radius 3 is 1.11 bits per heavy atom. The van der Waals surface area contributed by atoms with Crippen LogP contribution in [0.3, 0.4) is 0 Å². The standard InChI is InChI=1S/C68H52N2/c1-67(2)62-38-37-59-60-41-49-29-35-57(69(53-21-13-7-14-22-53)55-31-25-47(26-32-55)45-17-9-5-10-18-45)39-51(49)43-63(60)68(3,4)66(59)65(62)61-42-50-30-36-58(40-52(50)44-64(61)67)70(54-23-15-8-16-24-54)56-33-27-48(28-34-56)46-19-11-6-12-20-46/h5-44H,1-4H3. The van der Waals surface area contributed by atoms with Gasteiger partial charge in [-0.15, -0.1) is 0 Å².